The number of nitrogens with zero attached hydrogens (tertiary/aromatic N) is 3. The topological polar surface area (TPSA) is 84.7 Å². The molecule has 2 aromatic rings. The largest absolute Gasteiger partial charge is 0.476 e. The van der Waals surface area contributed by atoms with E-state index >= 15 is 0 Å². The van der Waals surface area contributed by atoms with Crippen LogP contribution in [-0.4, -0.2) is 38.4 Å². The Morgan fingerprint density at radius 1 is 1.27 bits per heavy atom. The zero-order chi connectivity index (χ0) is 15.7. The van der Waals surface area contributed by atoms with Crippen molar-refractivity contribution < 1.29 is 19.4 Å². The van der Waals surface area contributed by atoms with Crippen LogP contribution in [0.25, 0.3) is 0 Å². The zero-order valence-corrected chi connectivity index (χ0v) is 12.0. The summed E-state index contributed by atoms with van der Waals surface area (Å²) >= 11 is 0. The van der Waals surface area contributed by atoms with Crippen LogP contribution in [0.4, 0.5) is 4.79 Å². The summed E-state index contributed by atoms with van der Waals surface area (Å²) in [6.45, 7) is 0.697. The number of ether oxygens (including phenoxy) is 1. The highest BCUT2D eigenvalue weighted by Gasteiger charge is 2.29. The average molecular weight is 301 g/mol. The smallest absolute Gasteiger partial charge is 0.415 e. The Labute approximate surface area is 126 Å². The van der Waals surface area contributed by atoms with Gasteiger partial charge in [-0.2, -0.15) is 5.10 Å². The molecule has 0 spiro atoms. The number of fused-ring (bicyclic) bond motifs is 1. The molecule has 7 heteroatoms. The van der Waals surface area contributed by atoms with Crippen LogP contribution < -0.4 is 4.74 Å². The molecule has 2 heterocycles. The fourth-order valence-electron chi connectivity index (χ4n) is 2.55. The third kappa shape index (κ3) is 2.52. The lowest BCUT2D eigenvalue weighted by Gasteiger charge is -2.26. The van der Waals surface area contributed by atoms with Crippen molar-refractivity contribution in [2.24, 2.45) is 7.05 Å². The number of carbonyl (C=O) groups is 2. The van der Waals surface area contributed by atoms with Gasteiger partial charge in [-0.25, -0.2) is 9.59 Å². The van der Waals surface area contributed by atoms with Crippen molar-refractivity contribution in [3.8, 4) is 5.75 Å². The van der Waals surface area contributed by atoms with Crippen LogP contribution in [0, 0.1) is 0 Å². The predicted molar refractivity (Wildman–Crippen MR) is 76.7 cm³/mol. The third-order valence-corrected chi connectivity index (χ3v) is 3.66. The molecule has 7 nitrogen and oxygen atoms in total. The standard InChI is InChI=1S/C15H15N3O4/c1-17-12-9-18(8-7-11(12)13(16-17)14(19)20)15(21)22-10-5-3-2-4-6-10/h2-6H,7-9H2,1H3,(H,19,20). The minimum absolute atomic E-state index is 0.0635. The van der Waals surface area contributed by atoms with E-state index in [4.69, 9.17) is 9.84 Å². The van der Waals surface area contributed by atoms with Crippen molar-refractivity contribution in [1.29, 1.82) is 0 Å². The molecule has 1 aromatic carbocycles. The minimum Gasteiger partial charge on any atom is -0.476 e. The molecule has 3 rings (SSSR count). The van der Waals surface area contributed by atoms with E-state index in [-0.39, 0.29) is 12.2 Å². The van der Waals surface area contributed by atoms with E-state index in [1.165, 1.54) is 4.68 Å². The van der Waals surface area contributed by atoms with Crippen molar-refractivity contribution in [2.45, 2.75) is 13.0 Å². The highest BCUT2D eigenvalue weighted by molar-refractivity contribution is 5.87. The van der Waals surface area contributed by atoms with Gasteiger partial charge in [-0.3, -0.25) is 4.68 Å². The van der Waals surface area contributed by atoms with Gasteiger partial charge in [-0.15, -0.1) is 0 Å². The van der Waals surface area contributed by atoms with E-state index in [1.807, 2.05) is 6.07 Å². The number of aromatic nitrogens is 2. The second-order valence-electron chi connectivity index (χ2n) is 5.06. The number of hydrogen-bond donors (Lipinski definition) is 1. The predicted octanol–water partition coefficient (Wildman–Crippen LogP) is 1.68. The lowest BCUT2D eigenvalue weighted by atomic mass is 10.0. The van der Waals surface area contributed by atoms with E-state index in [2.05, 4.69) is 5.10 Å². The quantitative estimate of drug-likeness (QED) is 0.912. The van der Waals surface area contributed by atoms with Gasteiger partial charge in [0.1, 0.15) is 5.75 Å². The van der Waals surface area contributed by atoms with Crippen molar-refractivity contribution in [3.05, 3.63) is 47.3 Å². The monoisotopic (exact) mass is 301 g/mol. The van der Waals surface area contributed by atoms with Crippen LogP contribution in [0.2, 0.25) is 0 Å². The summed E-state index contributed by atoms with van der Waals surface area (Å²) in [6.07, 6.45) is 0.00393. The molecule has 0 atom stereocenters. The number of para-hydroxylation sites is 1. The summed E-state index contributed by atoms with van der Waals surface area (Å²) in [6, 6.07) is 8.84. The lowest BCUT2D eigenvalue weighted by molar-refractivity contribution is 0.0688. The SMILES string of the molecule is Cn1nc(C(=O)O)c2c1CN(C(=O)Oc1ccccc1)CC2. The van der Waals surface area contributed by atoms with Crippen LogP contribution in [0.3, 0.4) is 0 Å². The first-order valence-electron chi connectivity index (χ1n) is 6.86. The van der Waals surface area contributed by atoms with Crippen LogP contribution in [0.5, 0.6) is 5.75 Å². The zero-order valence-electron chi connectivity index (χ0n) is 12.0. The maximum Gasteiger partial charge on any atom is 0.415 e. The third-order valence-electron chi connectivity index (χ3n) is 3.66. The normalized spacial score (nSPS) is 13.6. The molecule has 0 aliphatic carbocycles. The van der Waals surface area contributed by atoms with E-state index in [9.17, 15) is 9.59 Å². The van der Waals surface area contributed by atoms with Gasteiger partial charge in [0.2, 0.25) is 0 Å². The summed E-state index contributed by atoms with van der Waals surface area (Å²) in [5.74, 6) is -0.563. The van der Waals surface area contributed by atoms with Crippen molar-refractivity contribution in [2.75, 3.05) is 6.54 Å². The fraction of sp³-hybridized carbons (Fsp3) is 0.267. The van der Waals surface area contributed by atoms with Gasteiger partial charge >= 0.3 is 12.1 Å². The number of carbonyl (C=O) groups excluding carboxylic acids is 1. The summed E-state index contributed by atoms with van der Waals surface area (Å²) in [7, 11) is 1.68. The van der Waals surface area contributed by atoms with Crippen molar-refractivity contribution in [1.82, 2.24) is 14.7 Å². The molecule has 0 radical (unpaired) electrons. The molecular weight excluding hydrogens is 286 g/mol. The maximum absolute atomic E-state index is 12.2. The number of benzene rings is 1. The molecule has 1 N–H and O–H groups in total. The van der Waals surface area contributed by atoms with E-state index in [0.29, 0.717) is 24.3 Å². The Hall–Kier alpha value is -2.83. The summed E-state index contributed by atoms with van der Waals surface area (Å²) in [5, 5.41) is 13.2. The Morgan fingerprint density at radius 2 is 2.00 bits per heavy atom. The number of amides is 1. The summed E-state index contributed by atoms with van der Waals surface area (Å²) in [4.78, 5) is 24.9. The van der Waals surface area contributed by atoms with E-state index in [1.54, 1.807) is 36.2 Å². The first-order chi connectivity index (χ1) is 10.6. The fourth-order valence-corrected chi connectivity index (χ4v) is 2.55. The van der Waals surface area contributed by atoms with Gasteiger partial charge in [0.25, 0.3) is 0 Å². The molecule has 114 valence electrons. The second kappa shape index (κ2) is 5.51. The summed E-state index contributed by atoms with van der Waals surface area (Å²) in [5.41, 5.74) is 1.49. The van der Waals surface area contributed by atoms with Gasteiger partial charge < -0.3 is 14.7 Å². The Kier molecular flexibility index (Phi) is 3.54. The van der Waals surface area contributed by atoms with Gasteiger partial charge in [-0.1, -0.05) is 18.2 Å². The highest BCUT2D eigenvalue weighted by Crippen LogP contribution is 2.23. The number of hydrogen-bond acceptors (Lipinski definition) is 4. The van der Waals surface area contributed by atoms with Gasteiger partial charge in [0.15, 0.2) is 5.69 Å². The molecule has 1 aliphatic heterocycles. The molecule has 0 fully saturated rings. The molecule has 0 bridgehead atoms. The lowest BCUT2D eigenvalue weighted by Crippen LogP contribution is -2.38. The number of aryl methyl sites for hydroxylation is 1. The number of carboxylic acids is 1. The second-order valence-corrected chi connectivity index (χ2v) is 5.06. The Morgan fingerprint density at radius 3 is 2.68 bits per heavy atom. The van der Waals surface area contributed by atoms with Crippen molar-refractivity contribution in [3.63, 3.8) is 0 Å². The van der Waals surface area contributed by atoms with E-state index < -0.39 is 12.1 Å². The van der Waals surface area contributed by atoms with Crippen LogP contribution >= 0.6 is 0 Å². The number of aromatic carboxylic acids is 1. The molecule has 1 aromatic heterocycles. The minimum atomic E-state index is -1.04. The van der Waals surface area contributed by atoms with Gasteiger partial charge in [0, 0.05) is 19.2 Å². The molecule has 1 amide bonds. The Balaban J connectivity index is 1.77. The molecule has 0 saturated carbocycles. The number of carboxylic acid groups (broad SMARTS) is 1. The molecule has 22 heavy (non-hydrogen) atoms. The molecule has 0 unspecified atom stereocenters. The van der Waals surface area contributed by atoms with Gasteiger partial charge in [0.05, 0.1) is 12.2 Å². The van der Waals surface area contributed by atoms with Gasteiger partial charge in [-0.05, 0) is 18.6 Å². The first-order valence-corrected chi connectivity index (χ1v) is 6.86. The Bertz CT molecular complexity index is 724. The molecule has 0 saturated heterocycles. The first kappa shape index (κ1) is 14.1. The van der Waals surface area contributed by atoms with Crippen molar-refractivity contribution >= 4 is 12.1 Å². The summed E-state index contributed by atoms with van der Waals surface area (Å²) < 4.78 is 6.82. The average Bonchev–Trinajstić information content (AvgIpc) is 2.85. The van der Waals surface area contributed by atoms with Crippen LogP contribution in [-0.2, 0) is 20.0 Å². The van der Waals surface area contributed by atoms with E-state index in [0.717, 1.165) is 5.69 Å². The van der Waals surface area contributed by atoms with Crippen LogP contribution in [0.15, 0.2) is 30.3 Å². The van der Waals surface area contributed by atoms with Crippen LogP contribution in [0.1, 0.15) is 21.7 Å². The molecule has 1 aliphatic rings. The highest BCUT2D eigenvalue weighted by atomic mass is 16.6. The number of rotatable bonds is 2. The maximum atomic E-state index is 12.2. The molecular formula is C15H15N3O4.